The number of aliphatic hydroxyl groups is 1. The zero-order valence-corrected chi connectivity index (χ0v) is 14.6. The van der Waals surface area contributed by atoms with Gasteiger partial charge in [-0.2, -0.15) is 0 Å². The van der Waals surface area contributed by atoms with Crippen LogP contribution in [0.3, 0.4) is 0 Å². The Labute approximate surface area is 160 Å². The van der Waals surface area contributed by atoms with Crippen molar-refractivity contribution in [1.82, 2.24) is 0 Å². The molecule has 0 aliphatic carbocycles. The minimum Gasteiger partial charge on any atom is -0.505 e. The van der Waals surface area contributed by atoms with Gasteiger partial charge in [0.1, 0.15) is 0 Å². The maximum absolute atomic E-state index is 12.9. The Morgan fingerprint density at radius 2 is 1.36 bits per heavy atom. The zero-order chi connectivity index (χ0) is 19.9. The summed E-state index contributed by atoms with van der Waals surface area (Å²) in [6, 6.07) is 22.5. The summed E-state index contributed by atoms with van der Waals surface area (Å²) in [5.41, 5.74) is 0.101. The minimum atomic E-state index is -0.589. The van der Waals surface area contributed by atoms with Crippen molar-refractivity contribution in [2.45, 2.75) is 0 Å². The van der Waals surface area contributed by atoms with E-state index < -0.39 is 10.7 Å². The second kappa shape index (κ2) is 8.50. The molecule has 3 rings (SSSR count). The number of ketones is 1. The molecule has 3 aromatic rings. The van der Waals surface area contributed by atoms with Crippen LogP contribution in [0.5, 0.6) is 0 Å². The lowest BCUT2D eigenvalue weighted by atomic mass is 10.1. The Morgan fingerprint density at radius 3 is 1.96 bits per heavy atom. The van der Waals surface area contributed by atoms with Crippen molar-refractivity contribution >= 4 is 22.9 Å². The molecule has 0 bridgehead atoms. The van der Waals surface area contributed by atoms with Crippen molar-refractivity contribution in [2.75, 3.05) is 0 Å². The van der Waals surface area contributed by atoms with Crippen LogP contribution in [0, 0.1) is 10.1 Å². The molecule has 1 N–H and O–H groups in total. The highest BCUT2D eigenvalue weighted by molar-refractivity contribution is 6.12. The number of para-hydroxylation sites is 1. The third-order valence-corrected chi connectivity index (χ3v) is 3.86. The third kappa shape index (κ3) is 4.16. The topological polar surface area (TPSA) is 105 Å². The first-order valence-corrected chi connectivity index (χ1v) is 8.31. The van der Waals surface area contributed by atoms with E-state index in [2.05, 4.69) is 10.2 Å². The molecule has 0 aromatic heterocycles. The molecule has 0 aliphatic heterocycles. The Kier molecular flexibility index (Phi) is 5.66. The van der Waals surface area contributed by atoms with E-state index >= 15 is 0 Å². The number of nitro benzene ring substituents is 1. The molecule has 7 heteroatoms. The summed E-state index contributed by atoms with van der Waals surface area (Å²) < 4.78 is 0. The lowest BCUT2D eigenvalue weighted by Crippen LogP contribution is -2.04. The lowest BCUT2D eigenvalue weighted by molar-refractivity contribution is -0.384. The third-order valence-electron chi connectivity index (χ3n) is 3.86. The fourth-order valence-corrected chi connectivity index (χ4v) is 2.47. The number of nitrogens with zero attached hydrogens (tertiary/aromatic N) is 3. The molecule has 28 heavy (non-hydrogen) atoms. The summed E-state index contributed by atoms with van der Waals surface area (Å²) >= 11 is 0. The van der Waals surface area contributed by atoms with Crippen molar-refractivity contribution < 1.29 is 14.8 Å². The summed E-state index contributed by atoms with van der Waals surface area (Å²) in [4.78, 5) is 23.5. The Hall–Kier alpha value is -4.13. The van der Waals surface area contributed by atoms with Crippen LogP contribution in [0.2, 0.25) is 0 Å². The number of aliphatic hydroxyl groups excluding tert-OH is 1. The molecule has 3 aromatic carbocycles. The first kappa shape index (κ1) is 18.7. The predicted octanol–water partition coefficient (Wildman–Crippen LogP) is 5.49. The molecule has 0 saturated heterocycles. The summed E-state index contributed by atoms with van der Waals surface area (Å²) in [6.45, 7) is 0. The molecular weight excluding hydrogens is 358 g/mol. The number of nitro groups is 1. The van der Waals surface area contributed by atoms with Crippen LogP contribution < -0.4 is 0 Å². The molecule has 0 fully saturated rings. The van der Waals surface area contributed by atoms with Gasteiger partial charge >= 0.3 is 0 Å². The fraction of sp³-hybridized carbons (Fsp3) is 0. The number of azo groups is 1. The quantitative estimate of drug-likeness (QED) is 0.154. The van der Waals surface area contributed by atoms with Gasteiger partial charge in [-0.25, -0.2) is 0 Å². The van der Waals surface area contributed by atoms with Gasteiger partial charge in [-0.3, -0.25) is 14.9 Å². The van der Waals surface area contributed by atoms with Crippen LogP contribution >= 0.6 is 0 Å². The molecule has 0 amide bonds. The Bertz CT molecular complexity index is 1060. The molecule has 0 atom stereocenters. The normalized spacial score (nSPS) is 11.9. The standard InChI is InChI=1S/C21H15N3O4/c25-20(15-9-3-1-4-10-15)19(21(26)16-11-5-2-6-12-16)23-22-17-13-7-8-14-18(17)24(27)28/h1-14,25H/b20-19-,23-22?. The molecule has 0 saturated carbocycles. The van der Waals surface area contributed by atoms with Crippen LogP contribution in [0.15, 0.2) is 101 Å². The number of hydrogen-bond acceptors (Lipinski definition) is 6. The molecule has 0 radical (unpaired) electrons. The molecule has 138 valence electrons. The molecule has 0 spiro atoms. The maximum atomic E-state index is 12.9. The number of allylic oxidation sites excluding steroid dienone is 1. The number of benzene rings is 3. The number of Topliss-reactive ketones (excluding diaryl/α,β-unsaturated/α-hetero) is 1. The predicted molar refractivity (Wildman–Crippen MR) is 104 cm³/mol. The minimum absolute atomic E-state index is 0.0216. The highest BCUT2D eigenvalue weighted by atomic mass is 16.6. The van der Waals surface area contributed by atoms with Gasteiger partial charge in [-0.15, -0.1) is 10.2 Å². The van der Waals surface area contributed by atoms with Crippen LogP contribution in [0.1, 0.15) is 15.9 Å². The smallest absolute Gasteiger partial charge is 0.296 e. The SMILES string of the molecule is O=C(/C(N=Nc1ccccc1[N+](=O)[O-])=C(/O)c1ccccc1)c1ccccc1. The Morgan fingerprint density at radius 1 is 0.821 bits per heavy atom. The van der Waals surface area contributed by atoms with Gasteiger partial charge < -0.3 is 5.11 Å². The largest absolute Gasteiger partial charge is 0.505 e. The first-order valence-electron chi connectivity index (χ1n) is 8.31. The fourth-order valence-electron chi connectivity index (χ4n) is 2.47. The average Bonchev–Trinajstić information content (AvgIpc) is 2.75. The molecule has 0 unspecified atom stereocenters. The molecule has 0 heterocycles. The van der Waals surface area contributed by atoms with E-state index in [1.807, 2.05) is 0 Å². The van der Waals surface area contributed by atoms with E-state index in [1.54, 1.807) is 66.7 Å². The van der Waals surface area contributed by atoms with Crippen molar-refractivity contribution in [3.05, 3.63) is 112 Å². The van der Waals surface area contributed by atoms with Crippen LogP contribution in [0.25, 0.3) is 5.76 Å². The van der Waals surface area contributed by atoms with Crippen LogP contribution in [-0.2, 0) is 0 Å². The van der Waals surface area contributed by atoms with E-state index in [1.165, 1.54) is 18.2 Å². The second-order valence-electron chi connectivity index (χ2n) is 5.70. The summed E-state index contributed by atoms with van der Waals surface area (Å²) in [6.07, 6.45) is 0. The van der Waals surface area contributed by atoms with Crippen LogP contribution in [-0.4, -0.2) is 15.8 Å². The van der Waals surface area contributed by atoms with Crippen molar-refractivity contribution in [2.24, 2.45) is 10.2 Å². The number of rotatable bonds is 6. The highest BCUT2D eigenvalue weighted by Crippen LogP contribution is 2.29. The van der Waals surface area contributed by atoms with Gasteiger partial charge in [0.05, 0.1) is 4.92 Å². The van der Waals surface area contributed by atoms with Crippen LogP contribution in [0.4, 0.5) is 11.4 Å². The average molecular weight is 373 g/mol. The van der Waals surface area contributed by atoms with Gasteiger partial charge in [0.15, 0.2) is 17.1 Å². The van der Waals surface area contributed by atoms with E-state index in [0.717, 1.165) is 0 Å². The number of hydrogen-bond donors (Lipinski definition) is 1. The highest BCUT2D eigenvalue weighted by Gasteiger charge is 2.19. The van der Waals surface area contributed by atoms with Crippen molar-refractivity contribution in [3.63, 3.8) is 0 Å². The van der Waals surface area contributed by atoms with E-state index in [4.69, 9.17) is 0 Å². The maximum Gasteiger partial charge on any atom is 0.296 e. The summed E-state index contributed by atoms with van der Waals surface area (Å²) in [5, 5.41) is 29.5. The number of carbonyl (C=O) groups is 1. The van der Waals surface area contributed by atoms with E-state index in [-0.39, 0.29) is 22.8 Å². The zero-order valence-electron chi connectivity index (χ0n) is 14.6. The monoisotopic (exact) mass is 373 g/mol. The summed E-state index contributed by atoms with van der Waals surface area (Å²) in [5.74, 6) is -0.916. The first-order chi connectivity index (χ1) is 13.6. The van der Waals surface area contributed by atoms with Gasteiger partial charge in [0.25, 0.3) is 5.69 Å². The van der Waals surface area contributed by atoms with Crippen molar-refractivity contribution in [3.8, 4) is 0 Å². The molecule has 7 nitrogen and oxygen atoms in total. The van der Waals surface area contributed by atoms with Gasteiger partial charge in [-0.1, -0.05) is 72.8 Å². The molecule has 0 aliphatic rings. The summed E-state index contributed by atoms with van der Waals surface area (Å²) in [7, 11) is 0. The van der Waals surface area contributed by atoms with E-state index in [0.29, 0.717) is 11.1 Å². The number of carbonyl (C=O) groups excluding carboxylic acids is 1. The van der Waals surface area contributed by atoms with Gasteiger partial charge in [0, 0.05) is 17.2 Å². The van der Waals surface area contributed by atoms with E-state index in [9.17, 15) is 20.0 Å². The van der Waals surface area contributed by atoms with Gasteiger partial charge in [-0.05, 0) is 6.07 Å². The van der Waals surface area contributed by atoms with Crippen molar-refractivity contribution in [1.29, 1.82) is 0 Å². The lowest BCUT2D eigenvalue weighted by Gasteiger charge is -2.06. The second-order valence-corrected chi connectivity index (χ2v) is 5.70. The molecular formula is C21H15N3O4. The Balaban J connectivity index is 2.10. The van der Waals surface area contributed by atoms with Gasteiger partial charge in [0.2, 0.25) is 5.78 Å².